The Morgan fingerprint density at radius 1 is 1.25 bits per heavy atom. The van der Waals surface area contributed by atoms with E-state index in [9.17, 15) is 0 Å². The van der Waals surface area contributed by atoms with E-state index in [1.54, 1.807) is 6.33 Å². The number of anilines is 1. The first-order valence-corrected chi connectivity index (χ1v) is 10.2. The van der Waals surface area contributed by atoms with Gasteiger partial charge in [-0.2, -0.15) is 0 Å². The van der Waals surface area contributed by atoms with Crippen molar-refractivity contribution in [2.45, 2.75) is 41.9 Å². The number of ether oxygens (including phenoxy) is 2. The molecule has 1 fully saturated rings. The third-order valence-corrected chi connectivity index (χ3v) is 6.30. The highest BCUT2D eigenvalue weighted by molar-refractivity contribution is 7.99. The second-order valence-electron chi connectivity index (χ2n) is 7.36. The molecule has 0 aromatic heterocycles. The minimum atomic E-state index is 0.230. The second-order valence-corrected chi connectivity index (χ2v) is 8.37. The maximum atomic E-state index is 6.25. The Morgan fingerprint density at radius 2 is 2.04 bits per heavy atom. The molecule has 3 aliphatic heterocycles. The van der Waals surface area contributed by atoms with Crippen LogP contribution in [0.4, 0.5) is 5.82 Å². The summed E-state index contributed by atoms with van der Waals surface area (Å²) in [5.74, 6) is 3.32. The Bertz CT molecular complexity index is 1010. The highest BCUT2D eigenvalue weighted by atomic mass is 32.2. The summed E-state index contributed by atoms with van der Waals surface area (Å²) in [6.07, 6.45) is 5.11. The van der Waals surface area contributed by atoms with E-state index in [1.165, 1.54) is 24.6 Å². The van der Waals surface area contributed by atoms with E-state index in [4.69, 9.17) is 25.9 Å². The lowest BCUT2D eigenvalue weighted by Gasteiger charge is -2.14. The molecule has 0 bridgehead atoms. The molecule has 0 amide bonds. The Balaban J connectivity index is 1.42. The van der Waals surface area contributed by atoms with Crippen molar-refractivity contribution in [3.8, 4) is 23.0 Å². The molecule has 0 radical (unpaired) electrons. The molecule has 4 aliphatic rings. The van der Waals surface area contributed by atoms with Crippen LogP contribution < -0.4 is 26.4 Å². The summed E-state index contributed by atoms with van der Waals surface area (Å²) in [6, 6.07) is 4.17. The number of fused-ring (bicyclic) bond motifs is 2. The third-order valence-electron chi connectivity index (χ3n) is 5.27. The summed E-state index contributed by atoms with van der Waals surface area (Å²) in [5, 5.41) is 0.636. The topological polar surface area (TPSA) is 114 Å². The van der Waals surface area contributed by atoms with Crippen LogP contribution in [0.3, 0.4) is 0 Å². The second kappa shape index (κ2) is 6.86. The third kappa shape index (κ3) is 3.26. The molecule has 5 rings (SSSR count). The number of nitrogen functional groups attached to an aromatic ring is 1. The van der Waals surface area contributed by atoms with Gasteiger partial charge in [-0.15, -0.1) is 0 Å². The van der Waals surface area contributed by atoms with Gasteiger partial charge in [0.05, 0.1) is 6.33 Å². The molecule has 10 heteroatoms. The van der Waals surface area contributed by atoms with Crippen molar-refractivity contribution < 1.29 is 9.47 Å². The average molecular weight is 396 g/mol. The molecule has 1 saturated carbocycles. The molecule has 4 N–H and O–H groups in total. The molecule has 0 saturated heterocycles. The Labute approximate surface area is 167 Å². The van der Waals surface area contributed by atoms with Crippen LogP contribution in [-0.4, -0.2) is 40.2 Å². The normalized spacial score (nSPS) is 16.6. The lowest BCUT2D eigenvalue weighted by atomic mass is 9.96. The number of rotatable bonds is 6. The summed E-state index contributed by atoms with van der Waals surface area (Å²) in [4.78, 5) is 14.6. The number of hydrogen-bond donors (Lipinski definition) is 2. The van der Waals surface area contributed by atoms with E-state index in [1.807, 2.05) is 24.5 Å². The minimum absolute atomic E-state index is 0.230. The van der Waals surface area contributed by atoms with Crippen molar-refractivity contribution >= 4 is 30.9 Å². The van der Waals surface area contributed by atoms with Crippen LogP contribution in [0.25, 0.3) is 11.5 Å². The summed E-state index contributed by atoms with van der Waals surface area (Å²) in [6.45, 7) is 1.01. The van der Waals surface area contributed by atoms with Crippen LogP contribution in [0.2, 0.25) is 0 Å². The molecule has 1 unspecified atom stereocenters. The zero-order valence-corrected chi connectivity index (χ0v) is 16.4. The minimum Gasteiger partial charge on any atom is -0.454 e. The maximum Gasteiger partial charge on any atom is 0.231 e. The molecular formula is C18H21BN6O2S. The lowest BCUT2D eigenvalue weighted by molar-refractivity contribution is 0.174. The fourth-order valence-electron chi connectivity index (χ4n) is 3.42. The van der Waals surface area contributed by atoms with Gasteiger partial charge in [-0.3, -0.25) is 0 Å². The van der Waals surface area contributed by atoms with Crippen LogP contribution in [0, 0.1) is 5.92 Å². The number of benzene rings is 1. The molecule has 0 spiro atoms. The van der Waals surface area contributed by atoms with Crippen molar-refractivity contribution in [1.29, 1.82) is 0 Å². The Kier molecular flexibility index (Phi) is 4.32. The van der Waals surface area contributed by atoms with Gasteiger partial charge in [0.1, 0.15) is 7.85 Å². The molecule has 8 nitrogen and oxygen atoms in total. The predicted molar refractivity (Wildman–Crippen MR) is 109 cm³/mol. The van der Waals surface area contributed by atoms with E-state index in [-0.39, 0.29) is 12.8 Å². The summed E-state index contributed by atoms with van der Waals surface area (Å²) in [7, 11) is 2.03. The van der Waals surface area contributed by atoms with Crippen LogP contribution >= 0.6 is 11.8 Å². The van der Waals surface area contributed by atoms with E-state index >= 15 is 0 Å². The number of imidazole rings is 1. The monoisotopic (exact) mass is 396 g/mol. The number of aromatic nitrogens is 4. The highest BCUT2D eigenvalue weighted by Gasteiger charge is 2.28. The molecule has 1 aliphatic carbocycles. The largest absolute Gasteiger partial charge is 0.454 e. The number of nitrogens with zero attached hydrogens (tertiary/aromatic N) is 4. The predicted octanol–water partition coefficient (Wildman–Crippen LogP) is 0.626. The number of hydrogen-bond acceptors (Lipinski definition) is 8. The average Bonchev–Trinajstić information content (AvgIpc) is 3.29. The van der Waals surface area contributed by atoms with Gasteiger partial charge in [0.15, 0.2) is 34.0 Å². The van der Waals surface area contributed by atoms with Crippen LogP contribution in [0.15, 0.2) is 28.5 Å². The zero-order chi connectivity index (χ0) is 19.3. The Hall–Kier alpha value is -2.46. The highest BCUT2D eigenvalue weighted by Crippen LogP contribution is 2.37. The van der Waals surface area contributed by atoms with Gasteiger partial charge in [0.2, 0.25) is 6.79 Å². The fraction of sp³-hybridized carbons (Fsp3) is 0.389. The van der Waals surface area contributed by atoms with Crippen LogP contribution in [-0.2, 0) is 6.54 Å². The standard InChI is InChI=1S/C18H21BN6O2S/c19-10-5-12-13(27-8-26-12)6-14(10)28-18-23-15-16(21)22-7-25(17(15)24-18)4-3-11(20)9-1-2-9/h5-7,9,11H,1-4,8,19-21H2. The van der Waals surface area contributed by atoms with Gasteiger partial charge in [-0.05, 0) is 37.3 Å². The van der Waals surface area contributed by atoms with E-state index in [0.29, 0.717) is 22.6 Å². The van der Waals surface area contributed by atoms with Gasteiger partial charge in [-0.1, -0.05) is 17.2 Å². The first-order chi connectivity index (χ1) is 13.6. The van der Waals surface area contributed by atoms with E-state index in [2.05, 4.69) is 9.97 Å². The molecule has 144 valence electrons. The fourth-order valence-corrected chi connectivity index (χ4v) is 4.28. The molecule has 1 aromatic carbocycles. The van der Waals surface area contributed by atoms with Gasteiger partial charge in [-0.25, -0.2) is 15.0 Å². The molecule has 1 aromatic rings. The van der Waals surface area contributed by atoms with Gasteiger partial charge in [0.25, 0.3) is 0 Å². The van der Waals surface area contributed by atoms with E-state index < -0.39 is 0 Å². The maximum absolute atomic E-state index is 6.25. The molecular weight excluding hydrogens is 375 g/mol. The lowest BCUT2D eigenvalue weighted by Crippen LogP contribution is -2.24. The van der Waals surface area contributed by atoms with Crippen LogP contribution in [0.1, 0.15) is 19.3 Å². The number of aryl methyl sites for hydroxylation is 1. The Morgan fingerprint density at radius 3 is 2.82 bits per heavy atom. The first kappa shape index (κ1) is 17.6. The van der Waals surface area contributed by atoms with Gasteiger partial charge >= 0.3 is 0 Å². The van der Waals surface area contributed by atoms with Gasteiger partial charge < -0.3 is 25.5 Å². The van der Waals surface area contributed by atoms with Crippen molar-refractivity contribution in [2.75, 3.05) is 12.5 Å². The molecule has 1 atom stereocenters. The van der Waals surface area contributed by atoms with Crippen molar-refractivity contribution in [3.05, 3.63) is 18.5 Å². The van der Waals surface area contributed by atoms with Crippen molar-refractivity contribution in [2.24, 2.45) is 11.7 Å². The summed E-state index contributed by atoms with van der Waals surface area (Å²) >= 11 is 1.48. The smallest absolute Gasteiger partial charge is 0.231 e. The van der Waals surface area contributed by atoms with E-state index in [0.717, 1.165) is 40.6 Å². The van der Waals surface area contributed by atoms with Crippen molar-refractivity contribution in [1.82, 2.24) is 19.5 Å². The number of nitrogens with two attached hydrogens (primary N) is 2. The first-order valence-electron chi connectivity index (χ1n) is 9.40. The van der Waals surface area contributed by atoms with Gasteiger partial charge in [0, 0.05) is 17.5 Å². The SMILES string of the molecule is Bc1cc2c(cc1Sc1nc3c(N)ncn(CCC(N)C4CC4)c-3n1)OCO2. The summed E-state index contributed by atoms with van der Waals surface area (Å²) < 4.78 is 12.9. The zero-order valence-electron chi connectivity index (χ0n) is 15.6. The molecule has 28 heavy (non-hydrogen) atoms. The molecule has 3 heterocycles. The van der Waals surface area contributed by atoms with Crippen molar-refractivity contribution in [3.63, 3.8) is 0 Å². The van der Waals surface area contributed by atoms with Crippen LogP contribution in [0.5, 0.6) is 11.5 Å². The quantitative estimate of drug-likeness (QED) is 0.583. The summed E-state index contributed by atoms with van der Waals surface area (Å²) in [5.41, 5.74) is 14.0.